The van der Waals surface area contributed by atoms with E-state index < -0.39 is 5.54 Å². The first-order chi connectivity index (χ1) is 12.0. The number of anilines is 1. The number of carbonyl (C=O) groups excluding carboxylic acids is 1. The first-order valence-electron chi connectivity index (χ1n) is 8.22. The van der Waals surface area contributed by atoms with Crippen molar-refractivity contribution in [2.75, 3.05) is 5.32 Å². The zero-order valence-electron chi connectivity index (χ0n) is 13.5. The Morgan fingerprint density at radius 2 is 2.08 bits per heavy atom. The molecule has 2 aliphatic heterocycles. The summed E-state index contributed by atoms with van der Waals surface area (Å²) in [5.74, 6) is 0.0776. The van der Waals surface area contributed by atoms with E-state index in [-0.39, 0.29) is 17.7 Å². The summed E-state index contributed by atoms with van der Waals surface area (Å²) in [6.45, 7) is 2.07. The van der Waals surface area contributed by atoms with Crippen molar-refractivity contribution in [3.05, 3.63) is 58.2 Å². The van der Waals surface area contributed by atoms with Crippen molar-refractivity contribution in [3.63, 3.8) is 0 Å². The van der Waals surface area contributed by atoms with E-state index in [2.05, 4.69) is 22.5 Å². The highest BCUT2D eigenvalue weighted by Crippen LogP contribution is 2.47. The highest BCUT2D eigenvalue weighted by Gasteiger charge is 2.53. The van der Waals surface area contributed by atoms with Gasteiger partial charge in [-0.05, 0) is 49.2 Å². The van der Waals surface area contributed by atoms with Gasteiger partial charge in [0.1, 0.15) is 5.75 Å². The molecule has 1 amide bonds. The third kappa shape index (κ3) is 1.85. The maximum atomic E-state index is 13.1. The number of aromatic amines is 1. The fourth-order valence-corrected chi connectivity index (χ4v) is 4.41. The number of benzene rings is 2. The molecule has 5 nitrogen and oxygen atoms in total. The van der Waals surface area contributed by atoms with Crippen molar-refractivity contribution in [2.24, 2.45) is 0 Å². The van der Waals surface area contributed by atoms with Crippen LogP contribution < -0.4 is 10.6 Å². The molecule has 2 atom stereocenters. The Bertz CT molecular complexity index is 1060. The van der Waals surface area contributed by atoms with E-state index >= 15 is 0 Å². The van der Waals surface area contributed by atoms with Crippen LogP contribution in [-0.4, -0.2) is 22.0 Å². The van der Waals surface area contributed by atoms with Crippen LogP contribution in [0.15, 0.2) is 36.4 Å². The van der Waals surface area contributed by atoms with Crippen LogP contribution in [-0.2, 0) is 16.8 Å². The standard InChI is InChI=1S/C19H16ClN3O2/c1-9-6-13-12-4-3-11(24)8-16(12)21-17(13)19(23-9)14-7-10(20)2-5-15(14)22-18(19)25/h2-5,7-9,21,23-24H,6H2,1H3,(H,22,25). The van der Waals surface area contributed by atoms with Gasteiger partial charge in [-0.25, -0.2) is 0 Å². The minimum Gasteiger partial charge on any atom is -0.508 e. The molecule has 3 aromatic rings. The topological polar surface area (TPSA) is 77.2 Å². The van der Waals surface area contributed by atoms with E-state index in [1.807, 2.05) is 18.2 Å². The highest BCUT2D eigenvalue weighted by atomic mass is 35.5. The second-order valence-corrected chi connectivity index (χ2v) is 7.29. The molecule has 3 heterocycles. The van der Waals surface area contributed by atoms with Crippen LogP contribution in [0.25, 0.3) is 10.9 Å². The summed E-state index contributed by atoms with van der Waals surface area (Å²) in [6.07, 6.45) is 0.797. The van der Waals surface area contributed by atoms with Crippen molar-refractivity contribution in [3.8, 4) is 5.75 Å². The van der Waals surface area contributed by atoms with Gasteiger partial charge in [0.2, 0.25) is 0 Å². The molecule has 126 valence electrons. The van der Waals surface area contributed by atoms with E-state index in [1.165, 1.54) is 0 Å². The molecule has 0 radical (unpaired) electrons. The Kier molecular flexibility index (Phi) is 2.83. The van der Waals surface area contributed by atoms with E-state index in [4.69, 9.17) is 11.6 Å². The lowest BCUT2D eigenvalue weighted by Gasteiger charge is -2.37. The summed E-state index contributed by atoms with van der Waals surface area (Å²) in [5, 5.41) is 17.9. The summed E-state index contributed by atoms with van der Waals surface area (Å²) in [5.41, 5.74) is 3.34. The molecule has 4 N–H and O–H groups in total. The summed E-state index contributed by atoms with van der Waals surface area (Å²) >= 11 is 6.23. The number of phenolic OH excluding ortho intramolecular Hbond substituents is 1. The Balaban J connectivity index is 1.87. The molecule has 0 saturated carbocycles. The van der Waals surface area contributed by atoms with Gasteiger partial charge in [-0.15, -0.1) is 0 Å². The summed E-state index contributed by atoms with van der Waals surface area (Å²) in [4.78, 5) is 16.5. The maximum absolute atomic E-state index is 13.1. The van der Waals surface area contributed by atoms with Gasteiger partial charge in [-0.2, -0.15) is 0 Å². The van der Waals surface area contributed by atoms with Gasteiger partial charge in [0, 0.05) is 39.3 Å². The van der Waals surface area contributed by atoms with Gasteiger partial charge >= 0.3 is 0 Å². The molecule has 25 heavy (non-hydrogen) atoms. The van der Waals surface area contributed by atoms with Crippen LogP contribution in [0.2, 0.25) is 5.02 Å². The number of phenols is 1. The summed E-state index contributed by atoms with van der Waals surface area (Å²) in [6, 6.07) is 10.8. The number of nitrogens with one attached hydrogen (secondary N) is 3. The molecule has 0 saturated heterocycles. The number of H-pyrrole nitrogens is 1. The van der Waals surface area contributed by atoms with Crippen LogP contribution in [0.3, 0.4) is 0 Å². The fraction of sp³-hybridized carbons (Fsp3) is 0.211. The molecule has 6 heteroatoms. The van der Waals surface area contributed by atoms with Crippen molar-refractivity contribution in [1.82, 2.24) is 10.3 Å². The van der Waals surface area contributed by atoms with Gasteiger partial charge in [0.15, 0.2) is 5.54 Å². The zero-order chi connectivity index (χ0) is 17.3. The zero-order valence-corrected chi connectivity index (χ0v) is 14.2. The normalized spacial score (nSPS) is 24.4. The van der Waals surface area contributed by atoms with E-state index in [0.717, 1.165) is 39.8 Å². The summed E-state index contributed by atoms with van der Waals surface area (Å²) in [7, 11) is 0. The van der Waals surface area contributed by atoms with Gasteiger partial charge < -0.3 is 15.4 Å². The third-order valence-electron chi connectivity index (χ3n) is 5.21. The van der Waals surface area contributed by atoms with E-state index in [9.17, 15) is 9.90 Å². The maximum Gasteiger partial charge on any atom is 0.255 e. The molecule has 2 aromatic carbocycles. The Morgan fingerprint density at radius 1 is 1.24 bits per heavy atom. The molecule has 0 aliphatic carbocycles. The van der Waals surface area contributed by atoms with Gasteiger partial charge in [-0.1, -0.05) is 11.6 Å². The number of amides is 1. The molecule has 2 aliphatic rings. The van der Waals surface area contributed by atoms with Crippen LogP contribution in [0.1, 0.15) is 23.7 Å². The molecular weight excluding hydrogens is 338 g/mol. The van der Waals surface area contributed by atoms with Crippen LogP contribution in [0.4, 0.5) is 5.69 Å². The molecule has 0 bridgehead atoms. The molecule has 2 unspecified atom stereocenters. The Hall–Kier alpha value is -2.50. The minimum absolute atomic E-state index is 0.107. The monoisotopic (exact) mass is 353 g/mol. The van der Waals surface area contributed by atoms with Crippen molar-refractivity contribution in [2.45, 2.75) is 24.9 Å². The SMILES string of the molecule is CC1Cc2c([nH]c3cc(O)ccc23)C2(N1)C(=O)Nc1ccc(Cl)cc12. The Labute approximate surface area is 149 Å². The minimum atomic E-state index is -0.998. The van der Waals surface area contributed by atoms with Crippen molar-refractivity contribution in [1.29, 1.82) is 0 Å². The highest BCUT2D eigenvalue weighted by molar-refractivity contribution is 6.31. The second kappa shape index (κ2) is 4.77. The first-order valence-corrected chi connectivity index (χ1v) is 8.60. The molecular formula is C19H16ClN3O2. The number of hydrogen-bond donors (Lipinski definition) is 4. The van der Waals surface area contributed by atoms with Crippen LogP contribution in [0, 0.1) is 0 Å². The van der Waals surface area contributed by atoms with Gasteiger partial charge in [0.25, 0.3) is 5.91 Å². The quantitative estimate of drug-likeness (QED) is 0.501. The van der Waals surface area contributed by atoms with Crippen LogP contribution in [0.5, 0.6) is 5.75 Å². The lowest BCUT2D eigenvalue weighted by Crippen LogP contribution is -2.56. The molecule has 0 fully saturated rings. The number of aromatic hydroxyl groups is 1. The summed E-state index contributed by atoms with van der Waals surface area (Å²) < 4.78 is 0. The number of carbonyl (C=O) groups is 1. The van der Waals surface area contributed by atoms with Crippen molar-refractivity contribution < 1.29 is 9.90 Å². The molecule has 1 aromatic heterocycles. The molecule has 1 spiro atoms. The lowest BCUT2D eigenvalue weighted by molar-refractivity contribution is -0.121. The number of hydrogen-bond acceptors (Lipinski definition) is 3. The Morgan fingerprint density at radius 3 is 2.92 bits per heavy atom. The fourth-order valence-electron chi connectivity index (χ4n) is 4.24. The van der Waals surface area contributed by atoms with E-state index in [1.54, 1.807) is 18.2 Å². The predicted octanol–water partition coefficient (Wildman–Crippen LogP) is 3.26. The third-order valence-corrected chi connectivity index (χ3v) is 5.45. The van der Waals surface area contributed by atoms with Gasteiger partial charge in [0.05, 0.1) is 5.69 Å². The smallest absolute Gasteiger partial charge is 0.255 e. The number of fused-ring (bicyclic) bond motifs is 6. The van der Waals surface area contributed by atoms with Gasteiger partial charge in [-0.3, -0.25) is 10.1 Å². The number of halogens is 1. The van der Waals surface area contributed by atoms with E-state index in [0.29, 0.717) is 5.02 Å². The number of rotatable bonds is 0. The van der Waals surface area contributed by atoms with Crippen molar-refractivity contribution >= 4 is 34.1 Å². The first kappa shape index (κ1) is 14.8. The average molecular weight is 354 g/mol. The number of aromatic nitrogens is 1. The molecule has 5 rings (SSSR count). The largest absolute Gasteiger partial charge is 0.508 e. The lowest BCUT2D eigenvalue weighted by atomic mass is 9.80. The predicted molar refractivity (Wildman–Crippen MR) is 97.1 cm³/mol. The second-order valence-electron chi connectivity index (χ2n) is 6.85. The van der Waals surface area contributed by atoms with Crippen LogP contribution >= 0.6 is 11.6 Å². The average Bonchev–Trinajstić information content (AvgIpc) is 3.04.